The van der Waals surface area contributed by atoms with Gasteiger partial charge in [0.15, 0.2) is 6.61 Å². The van der Waals surface area contributed by atoms with E-state index in [2.05, 4.69) is 35.6 Å². The summed E-state index contributed by atoms with van der Waals surface area (Å²) in [6.45, 7) is 5.16. The van der Waals surface area contributed by atoms with Gasteiger partial charge in [0.05, 0.1) is 19.1 Å². The number of hydrogen-bond acceptors (Lipinski definition) is 12. The van der Waals surface area contributed by atoms with Crippen molar-refractivity contribution in [3.8, 4) is 0 Å². The molecule has 1 aliphatic rings. The van der Waals surface area contributed by atoms with Gasteiger partial charge in [-0.15, -0.1) is 0 Å². The van der Waals surface area contributed by atoms with Gasteiger partial charge < -0.3 is 30.2 Å². The fourth-order valence-corrected chi connectivity index (χ4v) is 5.38. The van der Waals surface area contributed by atoms with Crippen LogP contribution in [0.25, 0.3) is 0 Å². The number of aromatic nitrogens is 2. The lowest BCUT2D eigenvalue weighted by Gasteiger charge is -2.31. The third kappa shape index (κ3) is 14.8. The van der Waals surface area contributed by atoms with Gasteiger partial charge in [0.25, 0.3) is 0 Å². The van der Waals surface area contributed by atoms with Crippen molar-refractivity contribution in [1.29, 1.82) is 0 Å². The van der Waals surface area contributed by atoms with Crippen molar-refractivity contribution in [3.05, 3.63) is 22.7 Å². The van der Waals surface area contributed by atoms with Crippen LogP contribution in [-0.2, 0) is 37.4 Å². The van der Waals surface area contributed by atoms with E-state index in [1.807, 2.05) is 0 Å². The summed E-state index contributed by atoms with van der Waals surface area (Å²) in [4.78, 5) is 49.5. The number of anilines is 1. The number of rotatable bonds is 22. The van der Waals surface area contributed by atoms with E-state index in [1.165, 1.54) is 42.5 Å². The SMILES string of the molecule is CCCCCCC(C)(CCCCC)NCCC(=O)OCC(=O)OCOP(=O)(O)OC[C@@H]1CC[C@H](n2ccc(N)nc2=O)O1. The Balaban J connectivity index is 1.62. The minimum absolute atomic E-state index is 0.0564. The van der Waals surface area contributed by atoms with Crippen LogP contribution in [0.2, 0.25) is 0 Å². The molecule has 1 saturated heterocycles. The molecule has 0 amide bonds. The van der Waals surface area contributed by atoms with Gasteiger partial charge in [0, 0.05) is 18.3 Å². The highest BCUT2D eigenvalue weighted by Crippen LogP contribution is 2.44. The minimum Gasteiger partial charge on any atom is -0.454 e. The monoisotopic (exact) mass is 632 g/mol. The average Bonchev–Trinajstić information content (AvgIpc) is 3.42. The highest BCUT2D eigenvalue weighted by molar-refractivity contribution is 7.47. The van der Waals surface area contributed by atoms with Crippen molar-refractivity contribution < 1.29 is 42.3 Å². The van der Waals surface area contributed by atoms with Gasteiger partial charge >= 0.3 is 25.5 Å². The molecule has 15 heteroatoms. The molecule has 246 valence electrons. The van der Waals surface area contributed by atoms with Crippen LogP contribution in [0.5, 0.6) is 0 Å². The number of nitrogens with two attached hydrogens (primary N) is 1. The number of nitrogens with zero attached hydrogens (tertiary/aromatic N) is 2. The first-order valence-corrected chi connectivity index (χ1v) is 16.6. The Bertz CT molecular complexity index is 1100. The van der Waals surface area contributed by atoms with E-state index in [-0.39, 0.29) is 24.4 Å². The molecule has 2 unspecified atom stereocenters. The van der Waals surface area contributed by atoms with Crippen molar-refractivity contribution in [2.75, 3.05) is 32.3 Å². The van der Waals surface area contributed by atoms with E-state index < -0.39 is 51.2 Å². The molecule has 14 nitrogen and oxygen atoms in total. The van der Waals surface area contributed by atoms with Crippen LogP contribution >= 0.6 is 7.82 Å². The Kier molecular flexibility index (Phi) is 16.4. The zero-order valence-electron chi connectivity index (χ0n) is 25.7. The van der Waals surface area contributed by atoms with Gasteiger partial charge in [-0.3, -0.25) is 13.9 Å². The molecule has 1 aliphatic heterocycles. The minimum atomic E-state index is -4.57. The lowest BCUT2D eigenvalue weighted by atomic mass is 9.88. The first kappa shape index (κ1) is 36.8. The maximum atomic E-state index is 12.1. The molecule has 4 atom stereocenters. The van der Waals surface area contributed by atoms with E-state index in [1.54, 1.807) is 0 Å². The van der Waals surface area contributed by atoms with E-state index >= 15 is 0 Å². The number of carbonyl (C=O) groups excluding carboxylic acids is 2. The number of unbranched alkanes of at least 4 members (excludes halogenated alkanes) is 5. The summed E-state index contributed by atoms with van der Waals surface area (Å²) in [5, 5.41) is 3.51. The van der Waals surface area contributed by atoms with Crippen LogP contribution in [0.4, 0.5) is 5.82 Å². The van der Waals surface area contributed by atoms with Crippen LogP contribution in [0, 0.1) is 0 Å². The quantitative estimate of drug-likeness (QED) is 0.0721. The van der Waals surface area contributed by atoms with E-state index in [0.29, 0.717) is 19.4 Å². The smallest absolute Gasteiger partial charge is 0.454 e. The topological polar surface area (TPSA) is 191 Å². The molecule has 1 aromatic heterocycles. The fourth-order valence-electron chi connectivity index (χ4n) is 4.76. The fraction of sp³-hybridized carbons (Fsp3) is 0.786. The second kappa shape index (κ2) is 19.1. The third-order valence-corrected chi connectivity index (χ3v) is 8.16. The predicted octanol–water partition coefficient (Wildman–Crippen LogP) is 3.97. The molecule has 0 spiro atoms. The summed E-state index contributed by atoms with van der Waals surface area (Å²) in [6.07, 6.45) is 11.5. The van der Waals surface area contributed by atoms with E-state index in [9.17, 15) is 23.8 Å². The summed E-state index contributed by atoms with van der Waals surface area (Å²) in [5.74, 6) is -1.41. The number of nitrogen functional groups attached to an aromatic ring is 1. The number of nitrogens with one attached hydrogen (secondary N) is 1. The standard InChI is InChI=1S/C28H49N4O10P/c1-4-6-8-10-16-28(3,15-9-7-5-2)30-17-13-25(33)38-20-26(34)39-21-41-43(36,37)40-19-22-11-12-24(42-22)32-18-14-23(29)31-27(32)35/h14,18,22,24,30H,4-13,15-17,19-21H2,1-3H3,(H,36,37)(H2,29,31,35)/t22-,24+,28?/m0/s1. The molecule has 2 heterocycles. The molecule has 43 heavy (non-hydrogen) atoms. The normalized spacial score (nSPS) is 19.4. The molecular weight excluding hydrogens is 583 g/mol. The lowest BCUT2D eigenvalue weighted by Crippen LogP contribution is -2.43. The highest BCUT2D eigenvalue weighted by atomic mass is 31.2. The molecule has 0 saturated carbocycles. The Morgan fingerprint density at radius 1 is 1.12 bits per heavy atom. The van der Waals surface area contributed by atoms with Crippen molar-refractivity contribution in [2.24, 2.45) is 0 Å². The van der Waals surface area contributed by atoms with Crippen molar-refractivity contribution in [2.45, 2.75) is 116 Å². The van der Waals surface area contributed by atoms with E-state index in [0.717, 1.165) is 32.1 Å². The van der Waals surface area contributed by atoms with Crippen molar-refractivity contribution in [1.82, 2.24) is 14.9 Å². The van der Waals surface area contributed by atoms with Crippen LogP contribution < -0.4 is 16.7 Å². The summed E-state index contributed by atoms with van der Waals surface area (Å²) in [5.41, 5.74) is 4.86. The van der Waals surface area contributed by atoms with Gasteiger partial charge in [-0.1, -0.05) is 58.8 Å². The molecule has 1 aromatic rings. The predicted molar refractivity (Wildman–Crippen MR) is 159 cm³/mol. The second-order valence-electron chi connectivity index (χ2n) is 11.0. The molecule has 0 radical (unpaired) electrons. The first-order chi connectivity index (χ1) is 20.5. The maximum Gasteiger partial charge on any atom is 0.475 e. The van der Waals surface area contributed by atoms with E-state index in [4.69, 9.17) is 24.5 Å². The zero-order chi connectivity index (χ0) is 31.7. The van der Waals surface area contributed by atoms with Gasteiger partial charge in [0.1, 0.15) is 12.0 Å². The van der Waals surface area contributed by atoms with Gasteiger partial charge in [0.2, 0.25) is 6.79 Å². The summed E-state index contributed by atoms with van der Waals surface area (Å²) >= 11 is 0. The van der Waals surface area contributed by atoms with Gasteiger partial charge in [-0.05, 0) is 38.7 Å². The summed E-state index contributed by atoms with van der Waals surface area (Å²) < 4.78 is 38.4. The Morgan fingerprint density at radius 2 is 1.81 bits per heavy atom. The second-order valence-corrected chi connectivity index (χ2v) is 12.5. The van der Waals surface area contributed by atoms with Crippen LogP contribution in [0.3, 0.4) is 0 Å². The number of esters is 2. The summed E-state index contributed by atoms with van der Waals surface area (Å²) in [6, 6.07) is 1.46. The average molecular weight is 633 g/mol. The first-order valence-electron chi connectivity index (χ1n) is 15.1. The number of phosphoric acid groups is 1. The molecule has 0 aliphatic carbocycles. The molecule has 0 bridgehead atoms. The summed E-state index contributed by atoms with van der Waals surface area (Å²) in [7, 11) is -4.57. The molecule has 2 rings (SSSR count). The number of phosphoric ester groups is 1. The number of hydrogen-bond donors (Lipinski definition) is 3. The number of carbonyl (C=O) groups is 2. The van der Waals surface area contributed by atoms with Crippen molar-refractivity contribution in [3.63, 3.8) is 0 Å². The number of ether oxygens (including phenoxy) is 3. The van der Waals surface area contributed by atoms with Crippen LogP contribution in [0.1, 0.15) is 104 Å². The third-order valence-electron chi connectivity index (χ3n) is 7.25. The van der Waals surface area contributed by atoms with Gasteiger partial charge in [-0.25, -0.2) is 18.7 Å². The zero-order valence-corrected chi connectivity index (χ0v) is 26.6. The molecule has 1 fully saturated rings. The Hall–Kier alpha value is -2.35. The molecule has 0 aromatic carbocycles. The van der Waals surface area contributed by atoms with Gasteiger partial charge in [-0.2, -0.15) is 4.98 Å². The molecular formula is C28H49N4O10P. The van der Waals surface area contributed by atoms with Crippen LogP contribution in [0.15, 0.2) is 17.1 Å². The lowest BCUT2D eigenvalue weighted by molar-refractivity contribution is -0.163. The Morgan fingerprint density at radius 3 is 2.51 bits per heavy atom. The Labute approximate surface area is 253 Å². The van der Waals surface area contributed by atoms with Crippen LogP contribution in [-0.4, -0.2) is 64.6 Å². The largest absolute Gasteiger partial charge is 0.475 e. The maximum absolute atomic E-state index is 12.1. The highest BCUT2D eigenvalue weighted by Gasteiger charge is 2.31. The van der Waals surface area contributed by atoms with Crippen molar-refractivity contribution >= 4 is 25.6 Å². The molecule has 4 N–H and O–H groups in total.